The van der Waals surface area contributed by atoms with E-state index in [9.17, 15) is 9.90 Å². The summed E-state index contributed by atoms with van der Waals surface area (Å²) < 4.78 is 5.79. The van der Waals surface area contributed by atoms with Crippen molar-refractivity contribution in [2.45, 2.75) is 52.2 Å². The van der Waals surface area contributed by atoms with E-state index in [1.54, 1.807) is 12.4 Å². The summed E-state index contributed by atoms with van der Waals surface area (Å²) in [5.74, 6) is -0.578. The lowest BCUT2D eigenvalue weighted by atomic mass is 9.95. The van der Waals surface area contributed by atoms with E-state index in [1.165, 1.54) is 0 Å². The maximum absolute atomic E-state index is 11.5. The molecule has 0 aliphatic carbocycles. The van der Waals surface area contributed by atoms with Gasteiger partial charge in [0.2, 0.25) is 0 Å². The molecule has 1 saturated heterocycles. The van der Waals surface area contributed by atoms with Crippen molar-refractivity contribution in [3.8, 4) is 6.01 Å². The zero-order chi connectivity index (χ0) is 16.1. The molecular formula is C16H25N3O3. The molecule has 2 heterocycles. The Balaban J connectivity index is 1.89. The summed E-state index contributed by atoms with van der Waals surface area (Å²) in [6, 6.07) is 0.00216. The van der Waals surface area contributed by atoms with Crippen LogP contribution in [-0.2, 0) is 4.79 Å². The maximum atomic E-state index is 11.5. The molecule has 0 radical (unpaired) electrons. The number of piperidine rings is 1. The topological polar surface area (TPSA) is 75.5 Å². The van der Waals surface area contributed by atoms with Crippen LogP contribution in [0.2, 0.25) is 0 Å². The van der Waals surface area contributed by atoms with Crippen LogP contribution >= 0.6 is 0 Å². The molecule has 0 bridgehead atoms. The Morgan fingerprint density at radius 1 is 1.41 bits per heavy atom. The molecule has 2 rings (SSSR count). The van der Waals surface area contributed by atoms with Gasteiger partial charge in [0.25, 0.3) is 0 Å². The summed E-state index contributed by atoms with van der Waals surface area (Å²) in [4.78, 5) is 21.9. The van der Waals surface area contributed by atoms with Crippen molar-refractivity contribution in [2.75, 3.05) is 13.1 Å². The number of aryl methyl sites for hydroxylation is 1. The molecule has 2 atom stereocenters. The number of aliphatic carboxylic acids is 1. The molecule has 1 aliphatic heterocycles. The average molecular weight is 307 g/mol. The van der Waals surface area contributed by atoms with Crippen LogP contribution in [0.5, 0.6) is 6.01 Å². The van der Waals surface area contributed by atoms with E-state index in [0.29, 0.717) is 6.01 Å². The van der Waals surface area contributed by atoms with Gasteiger partial charge in [-0.3, -0.25) is 9.69 Å². The maximum Gasteiger partial charge on any atom is 0.321 e. The van der Waals surface area contributed by atoms with Crippen molar-refractivity contribution in [1.29, 1.82) is 0 Å². The van der Waals surface area contributed by atoms with E-state index in [0.717, 1.165) is 37.9 Å². The van der Waals surface area contributed by atoms with Crippen LogP contribution in [0.3, 0.4) is 0 Å². The van der Waals surface area contributed by atoms with Gasteiger partial charge in [0.05, 0.1) is 0 Å². The minimum atomic E-state index is -0.726. The highest BCUT2D eigenvalue weighted by atomic mass is 16.5. The van der Waals surface area contributed by atoms with Gasteiger partial charge in [-0.1, -0.05) is 20.3 Å². The molecule has 1 fully saturated rings. The highest BCUT2D eigenvalue weighted by Crippen LogP contribution is 2.22. The lowest BCUT2D eigenvalue weighted by Crippen LogP contribution is -2.50. The van der Waals surface area contributed by atoms with Gasteiger partial charge in [-0.2, -0.15) is 0 Å². The fourth-order valence-corrected chi connectivity index (χ4v) is 2.85. The first-order valence-electron chi connectivity index (χ1n) is 7.93. The highest BCUT2D eigenvalue weighted by Gasteiger charge is 2.33. The molecule has 122 valence electrons. The number of aromatic nitrogens is 2. The van der Waals surface area contributed by atoms with E-state index in [2.05, 4.69) is 14.9 Å². The number of likely N-dealkylation sites (tertiary alicyclic amines) is 1. The number of rotatable bonds is 6. The number of carbonyl (C=O) groups is 1. The van der Waals surface area contributed by atoms with Gasteiger partial charge in [-0.05, 0) is 31.2 Å². The minimum absolute atomic E-state index is 0.0605. The number of ether oxygens (including phenoxy) is 1. The number of carboxylic acids is 1. The largest absolute Gasteiger partial charge is 0.480 e. The Morgan fingerprint density at radius 3 is 2.50 bits per heavy atom. The van der Waals surface area contributed by atoms with Crippen molar-refractivity contribution >= 4 is 5.97 Å². The summed E-state index contributed by atoms with van der Waals surface area (Å²) in [5, 5.41) is 9.46. The number of hydrogen-bond acceptors (Lipinski definition) is 5. The van der Waals surface area contributed by atoms with Crippen LogP contribution in [0.15, 0.2) is 12.4 Å². The Kier molecular flexibility index (Phi) is 5.71. The summed E-state index contributed by atoms with van der Waals surface area (Å²) in [7, 11) is 0. The molecular weight excluding hydrogens is 282 g/mol. The third-order valence-electron chi connectivity index (χ3n) is 4.34. The molecule has 1 N–H and O–H groups in total. The van der Waals surface area contributed by atoms with Gasteiger partial charge >= 0.3 is 12.0 Å². The van der Waals surface area contributed by atoms with Gasteiger partial charge in [-0.25, -0.2) is 9.97 Å². The first kappa shape index (κ1) is 16.7. The first-order chi connectivity index (χ1) is 10.5. The van der Waals surface area contributed by atoms with Crippen LogP contribution in [0.4, 0.5) is 0 Å². The fourth-order valence-electron chi connectivity index (χ4n) is 2.85. The summed E-state index contributed by atoms with van der Waals surface area (Å²) in [5.41, 5.74) is 1.00. The summed E-state index contributed by atoms with van der Waals surface area (Å²) >= 11 is 0. The monoisotopic (exact) mass is 307 g/mol. The number of nitrogens with zero attached hydrogens (tertiary/aromatic N) is 3. The van der Waals surface area contributed by atoms with Crippen LogP contribution in [0.25, 0.3) is 0 Å². The SMILES string of the molecule is CCC(C)C(C(=O)O)N1CCC(Oc2ncc(C)cn2)CC1. The summed E-state index contributed by atoms with van der Waals surface area (Å²) in [6.07, 6.45) is 6.01. The van der Waals surface area contributed by atoms with Crippen molar-refractivity contribution in [1.82, 2.24) is 14.9 Å². The van der Waals surface area contributed by atoms with Crippen molar-refractivity contribution in [3.63, 3.8) is 0 Å². The minimum Gasteiger partial charge on any atom is -0.480 e. The first-order valence-corrected chi connectivity index (χ1v) is 7.93. The molecule has 2 unspecified atom stereocenters. The van der Waals surface area contributed by atoms with E-state index < -0.39 is 12.0 Å². The molecule has 22 heavy (non-hydrogen) atoms. The van der Waals surface area contributed by atoms with Crippen molar-refractivity contribution in [3.05, 3.63) is 18.0 Å². The van der Waals surface area contributed by atoms with E-state index in [1.807, 2.05) is 20.8 Å². The molecule has 6 nitrogen and oxygen atoms in total. The van der Waals surface area contributed by atoms with Gasteiger partial charge in [-0.15, -0.1) is 0 Å². The second-order valence-electron chi connectivity index (χ2n) is 6.06. The van der Waals surface area contributed by atoms with Crippen molar-refractivity contribution < 1.29 is 14.6 Å². The predicted molar refractivity (Wildman–Crippen MR) is 82.9 cm³/mol. The molecule has 0 spiro atoms. The number of carboxylic acid groups (broad SMARTS) is 1. The van der Waals surface area contributed by atoms with Gasteiger partial charge in [0.15, 0.2) is 0 Å². The zero-order valence-corrected chi connectivity index (χ0v) is 13.5. The zero-order valence-electron chi connectivity index (χ0n) is 13.5. The smallest absolute Gasteiger partial charge is 0.321 e. The normalized spacial score (nSPS) is 19.6. The second-order valence-corrected chi connectivity index (χ2v) is 6.06. The second kappa shape index (κ2) is 7.54. The molecule has 1 aliphatic rings. The van der Waals surface area contributed by atoms with Gasteiger partial charge < -0.3 is 9.84 Å². The molecule has 1 aromatic rings. The fraction of sp³-hybridized carbons (Fsp3) is 0.688. The number of hydrogen-bond donors (Lipinski definition) is 1. The van der Waals surface area contributed by atoms with Crippen molar-refractivity contribution in [2.24, 2.45) is 5.92 Å². The standard InChI is InChI=1S/C16H25N3O3/c1-4-12(3)14(15(20)21)19-7-5-13(6-8-19)22-16-17-9-11(2)10-18-16/h9-10,12-14H,4-8H2,1-3H3,(H,20,21). The quantitative estimate of drug-likeness (QED) is 0.867. The summed E-state index contributed by atoms with van der Waals surface area (Å²) in [6.45, 7) is 7.44. The van der Waals surface area contributed by atoms with E-state index in [-0.39, 0.29) is 12.0 Å². The lowest BCUT2D eigenvalue weighted by molar-refractivity contribution is -0.146. The highest BCUT2D eigenvalue weighted by molar-refractivity contribution is 5.73. The third-order valence-corrected chi connectivity index (χ3v) is 4.34. The van der Waals surface area contributed by atoms with Crippen LogP contribution in [-0.4, -0.2) is 51.2 Å². The van der Waals surface area contributed by atoms with E-state index in [4.69, 9.17) is 4.74 Å². The Bertz CT molecular complexity index is 484. The molecule has 0 amide bonds. The average Bonchev–Trinajstić information content (AvgIpc) is 2.51. The van der Waals surface area contributed by atoms with Crippen LogP contribution in [0.1, 0.15) is 38.7 Å². The van der Waals surface area contributed by atoms with E-state index >= 15 is 0 Å². The lowest BCUT2D eigenvalue weighted by Gasteiger charge is -2.37. The molecule has 0 saturated carbocycles. The third kappa shape index (κ3) is 4.16. The van der Waals surface area contributed by atoms with Gasteiger partial charge in [0.1, 0.15) is 12.1 Å². The van der Waals surface area contributed by atoms with Crippen LogP contribution < -0.4 is 4.74 Å². The molecule has 6 heteroatoms. The predicted octanol–water partition coefficient (Wildman–Crippen LogP) is 2.13. The van der Waals surface area contributed by atoms with Gasteiger partial charge in [0, 0.05) is 25.5 Å². The van der Waals surface area contributed by atoms with Crippen LogP contribution in [0, 0.1) is 12.8 Å². The Hall–Kier alpha value is -1.69. The molecule has 1 aromatic heterocycles. The molecule has 0 aromatic carbocycles. The Labute approximate surface area is 131 Å². The Morgan fingerprint density at radius 2 is 2.00 bits per heavy atom.